The maximum atomic E-state index is 13.7. The van der Waals surface area contributed by atoms with E-state index in [1.165, 1.54) is 19.3 Å². The number of ether oxygens (including phenoxy) is 2. The lowest BCUT2D eigenvalue weighted by molar-refractivity contribution is -0.112. The zero-order valence-electron chi connectivity index (χ0n) is 16.3. The van der Waals surface area contributed by atoms with Crippen molar-refractivity contribution in [3.8, 4) is 17.6 Å². The number of nitrogens with zero attached hydrogens (tertiary/aromatic N) is 1. The number of carbonyl (C=O) groups excluding carboxylic acids is 1. The molecule has 150 valence electrons. The molecule has 0 bridgehead atoms. The van der Waals surface area contributed by atoms with Gasteiger partial charge in [0.1, 0.15) is 35.6 Å². The van der Waals surface area contributed by atoms with E-state index in [0.717, 1.165) is 0 Å². The van der Waals surface area contributed by atoms with E-state index in [1.54, 1.807) is 66.7 Å². The van der Waals surface area contributed by atoms with Gasteiger partial charge in [-0.2, -0.15) is 5.26 Å². The second kappa shape index (κ2) is 9.89. The van der Waals surface area contributed by atoms with Crippen molar-refractivity contribution in [1.82, 2.24) is 0 Å². The standard InChI is InChI=1S/C24H19FN2O3/c1-29-23-9-5-4-8-22(23)27-24(28)19(15-26)14-17-10-12-20(13-11-17)30-16-18-6-2-3-7-21(18)25/h2-14H,16H2,1H3,(H,27,28)/b19-14+. The number of hydrogen-bond acceptors (Lipinski definition) is 4. The summed E-state index contributed by atoms with van der Waals surface area (Å²) >= 11 is 0. The highest BCUT2D eigenvalue weighted by atomic mass is 19.1. The van der Waals surface area contributed by atoms with Crippen LogP contribution in [0.15, 0.2) is 78.4 Å². The molecule has 3 aromatic carbocycles. The van der Waals surface area contributed by atoms with Crippen molar-refractivity contribution < 1.29 is 18.7 Å². The van der Waals surface area contributed by atoms with Gasteiger partial charge in [-0.15, -0.1) is 0 Å². The van der Waals surface area contributed by atoms with Crippen LogP contribution in [0.1, 0.15) is 11.1 Å². The average molecular weight is 402 g/mol. The fourth-order valence-corrected chi connectivity index (χ4v) is 2.69. The van der Waals surface area contributed by atoms with Crippen LogP contribution in [0.5, 0.6) is 11.5 Å². The maximum Gasteiger partial charge on any atom is 0.266 e. The SMILES string of the molecule is COc1ccccc1NC(=O)/C(C#N)=C/c1ccc(OCc2ccccc2F)cc1. The molecule has 6 heteroatoms. The van der Waals surface area contributed by atoms with Crippen LogP contribution in [0.25, 0.3) is 6.08 Å². The first kappa shape index (κ1) is 20.6. The number of hydrogen-bond donors (Lipinski definition) is 1. The van der Waals surface area contributed by atoms with E-state index in [9.17, 15) is 14.4 Å². The first-order chi connectivity index (χ1) is 14.6. The van der Waals surface area contributed by atoms with Crippen LogP contribution >= 0.6 is 0 Å². The number of nitrogens with one attached hydrogen (secondary N) is 1. The monoisotopic (exact) mass is 402 g/mol. The highest BCUT2D eigenvalue weighted by molar-refractivity contribution is 6.10. The summed E-state index contributed by atoms with van der Waals surface area (Å²) in [6.45, 7) is 0.104. The number of methoxy groups -OCH3 is 1. The van der Waals surface area contributed by atoms with Crippen LogP contribution in [-0.4, -0.2) is 13.0 Å². The topological polar surface area (TPSA) is 71.3 Å². The maximum absolute atomic E-state index is 13.7. The van der Waals surface area contributed by atoms with Gasteiger partial charge >= 0.3 is 0 Å². The molecule has 0 atom stereocenters. The van der Waals surface area contributed by atoms with Gasteiger partial charge in [0.15, 0.2) is 0 Å². The Morgan fingerprint density at radius 1 is 1.07 bits per heavy atom. The summed E-state index contributed by atoms with van der Waals surface area (Å²) in [5.74, 6) is 0.186. The molecule has 0 saturated carbocycles. The van der Waals surface area contributed by atoms with Gasteiger partial charge in [0.05, 0.1) is 12.8 Å². The minimum atomic E-state index is -0.540. The molecule has 1 N–H and O–H groups in total. The van der Waals surface area contributed by atoms with E-state index in [2.05, 4.69) is 5.32 Å². The summed E-state index contributed by atoms with van der Waals surface area (Å²) in [5, 5.41) is 12.1. The van der Waals surface area contributed by atoms with Gasteiger partial charge in [-0.1, -0.05) is 42.5 Å². The van der Waals surface area contributed by atoms with Gasteiger partial charge < -0.3 is 14.8 Å². The zero-order valence-corrected chi connectivity index (χ0v) is 16.3. The summed E-state index contributed by atoms with van der Waals surface area (Å²) in [7, 11) is 1.50. The molecular weight excluding hydrogens is 383 g/mol. The molecule has 1 amide bonds. The third-order valence-electron chi connectivity index (χ3n) is 4.26. The number of rotatable bonds is 7. The molecule has 0 saturated heterocycles. The normalized spacial score (nSPS) is 10.8. The molecule has 30 heavy (non-hydrogen) atoms. The van der Waals surface area contributed by atoms with Gasteiger partial charge in [0, 0.05) is 5.56 Å². The summed E-state index contributed by atoms with van der Waals surface area (Å²) < 4.78 is 24.4. The number of para-hydroxylation sites is 2. The van der Waals surface area contributed by atoms with E-state index >= 15 is 0 Å². The van der Waals surface area contributed by atoms with Crippen LogP contribution in [0.3, 0.4) is 0 Å². The number of halogens is 1. The van der Waals surface area contributed by atoms with Crippen molar-refractivity contribution in [2.75, 3.05) is 12.4 Å². The van der Waals surface area contributed by atoms with E-state index in [4.69, 9.17) is 9.47 Å². The van der Waals surface area contributed by atoms with Crippen LogP contribution in [-0.2, 0) is 11.4 Å². The molecule has 0 aliphatic heterocycles. The number of anilines is 1. The fraction of sp³-hybridized carbons (Fsp3) is 0.0833. The Kier molecular flexibility index (Phi) is 6.80. The van der Waals surface area contributed by atoms with E-state index < -0.39 is 5.91 Å². The lowest BCUT2D eigenvalue weighted by atomic mass is 10.1. The summed E-state index contributed by atoms with van der Waals surface area (Å²) in [5.41, 5.74) is 1.53. The molecule has 0 aliphatic carbocycles. The summed E-state index contributed by atoms with van der Waals surface area (Å²) in [6, 6.07) is 22.1. The van der Waals surface area contributed by atoms with Crippen molar-refractivity contribution in [3.63, 3.8) is 0 Å². The number of nitriles is 1. The van der Waals surface area contributed by atoms with Gasteiger partial charge in [0.25, 0.3) is 5.91 Å². The minimum Gasteiger partial charge on any atom is -0.495 e. The predicted molar refractivity (Wildman–Crippen MR) is 112 cm³/mol. The largest absolute Gasteiger partial charge is 0.495 e. The molecule has 0 aliphatic rings. The summed E-state index contributed by atoms with van der Waals surface area (Å²) in [6.07, 6.45) is 1.48. The van der Waals surface area contributed by atoms with Crippen LogP contribution in [0, 0.1) is 17.1 Å². The smallest absolute Gasteiger partial charge is 0.266 e. The molecule has 5 nitrogen and oxygen atoms in total. The first-order valence-electron chi connectivity index (χ1n) is 9.13. The minimum absolute atomic E-state index is 0.0547. The average Bonchev–Trinajstić information content (AvgIpc) is 2.78. The first-order valence-corrected chi connectivity index (χ1v) is 9.13. The van der Waals surface area contributed by atoms with Gasteiger partial charge in [0.2, 0.25) is 0 Å². The van der Waals surface area contributed by atoms with Gasteiger partial charge in [-0.25, -0.2) is 4.39 Å². The fourth-order valence-electron chi connectivity index (χ4n) is 2.69. The highest BCUT2D eigenvalue weighted by Gasteiger charge is 2.12. The molecule has 3 rings (SSSR count). The van der Waals surface area contributed by atoms with E-state index in [-0.39, 0.29) is 18.0 Å². The van der Waals surface area contributed by atoms with Crippen LogP contribution < -0.4 is 14.8 Å². The lowest BCUT2D eigenvalue weighted by Crippen LogP contribution is -2.14. The van der Waals surface area contributed by atoms with E-state index in [1.807, 2.05) is 6.07 Å². The Labute approximate surface area is 174 Å². The molecule has 0 unspecified atom stereocenters. The third-order valence-corrected chi connectivity index (χ3v) is 4.26. The molecule has 0 radical (unpaired) electrons. The van der Waals surface area contributed by atoms with Crippen LogP contribution in [0.2, 0.25) is 0 Å². The molecular formula is C24H19FN2O3. The van der Waals surface area contributed by atoms with Crippen molar-refractivity contribution in [2.24, 2.45) is 0 Å². The van der Waals surface area contributed by atoms with Crippen LogP contribution in [0.4, 0.5) is 10.1 Å². The second-order valence-electron chi connectivity index (χ2n) is 6.27. The van der Waals surface area contributed by atoms with Crippen molar-refractivity contribution in [2.45, 2.75) is 6.61 Å². The molecule has 0 heterocycles. The summed E-state index contributed by atoms with van der Waals surface area (Å²) in [4.78, 5) is 12.5. The highest BCUT2D eigenvalue weighted by Crippen LogP contribution is 2.24. The Bertz CT molecular complexity index is 1100. The van der Waals surface area contributed by atoms with E-state index in [0.29, 0.717) is 28.3 Å². The quantitative estimate of drug-likeness (QED) is 0.448. The van der Waals surface area contributed by atoms with Gasteiger partial charge in [-0.05, 0) is 42.0 Å². The third kappa shape index (κ3) is 5.24. The lowest BCUT2D eigenvalue weighted by Gasteiger charge is -2.09. The number of amides is 1. The molecule has 0 spiro atoms. The van der Waals surface area contributed by atoms with Crippen molar-refractivity contribution in [3.05, 3.63) is 95.3 Å². The number of carbonyl (C=O) groups is 1. The molecule has 0 aromatic heterocycles. The Hall–Kier alpha value is -4.11. The zero-order chi connectivity index (χ0) is 21.3. The predicted octanol–water partition coefficient (Wildman–Crippen LogP) is 4.96. The second-order valence-corrected chi connectivity index (χ2v) is 6.27. The molecule has 3 aromatic rings. The van der Waals surface area contributed by atoms with Crippen molar-refractivity contribution >= 4 is 17.7 Å². The Morgan fingerprint density at radius 3 is 2.47 bits per heavy atom. The Morgan fingerprint density at radius 2 is 1.77 bits per heavy atom. The van der Waals surface area contributed by atoms with Gasteiger partial charge in [-0.3, -0.25) is 4.79 Å². The number of benzene rings is 3. The Balaban J connectivity index is 1.67. The molecule has 0 fully saturated rings. The van der Waals surface area contributed by atoms with Crippen molar-refractivity contribution in [1.29, 1.82) is 5.26 Å².